The zero-order valence-electron chi connectivity index (χ0n) is 13.6. The van der Waals surface area contributed by atoms with Gasteiger partial charge in [0.1, 0.15) is 5.82 Å². The van der Waals surface area contributed by atoms with Crippen molar-refractivity contribution in [3.8, 4) is 0 Å². The molecule has 1 aliphatic rings. The summed E-state index contributed by atoms with van der Waals surface area (Å²) in [5.74, 6) is -0.448. The first kappa shape index (κ1) is 17.4. The lowest BCUT2D eigenvalue weighted by atomic mass is 9.84. The fraction of sp³-hybridized carbons (Fsp3) is 0.222. The number of aromatic amines is 1. The first-order valence-corrected chi connectivity index (χ1v) is 8.59. The van der Waals surface area contributed by atoms with E-state index in [9.17, 15) is 9.18 Å². The van der Waals surface area contributed by atoms with Gasteiger partial charge in [-0.1, -0.05) is 12.1 Å². The summed E-state index contributed by atoms with van der Waals surface area (Å²) in [6.07, 6.45) is 7.12. The van der Waals surface area contributed by atoms with E-state index in [1.807, 2.05) is 0 Å². The number of benzene rings is 1. The van der Waals surface area contributed by atoms with Crippen LogP contribution < -0.4 is 22.3 Å². The Kier molecular flexibility index (Phi) is 5.00. The van der Waals surface area contributed by atoms with E-state index in [0.717, 1.165) is 30.5 Å². The Labute approximate surface area is 147 Å². The van der Waals surface area contributed by atoms with Gasteiger partial charge in [0.25, 0.3) is 5.56 Å². The summed E-state index contributed by atoms with van der Waals surface area (Å²) in [6, 6.07) is 4.81. The molecule has 0 aliphatic heterocycles. The Morgan fingerprint density at radius 3 is 2.92 bits per heavy atom. The maximum atomic E-state index is 14.1. The van der Waals surface area contributed by atoms with Gasteiger partial charge in [-0.3, -0.25) is 9.78 Å². The number of nitrogens with zero attached hydrogens (tertiary/aromatic N) is 1. The fourth-order valence-corrected chi connectivity index (χ4v) is 3.55. The molecule has 1 aromatic heterocycles. The van der Waals surface area contributed by atoms with Crippen molar-refractivity contribution in [3.05, 3.63) is 75.4 Å². The highest BCUT2D eigenvalue weighted by Gasteiger charge is 2.23. The third-order valence-corrected chi connectivity index (χ3v) is 4.88. The van der Waals surface area contributed by atoms with Crippen molar-refractivity contribution in [2.24, 2.45) is 11.5 Å². The third kappa shape index (κ3) is 3.64. The molecule has 2 aromatic rings. The second-order valence-corrected chi connectivity index (χ2v) is 6.69. The lowest BCUT2D eigenvalue weighted by Gasteiger charge is -2.24. The Balaban J connectivity index is 1.99. The van der Waals surface area contributed by atoms with E-state index in [0.29, 0.717) is 22.3 Å². The average molecular weight is 358 g/mol. The summed E-state index contributed by atoms with van der Waals surface area (Å²) in [5.41, 5.74) is 15.2. The smallest absolute Gasteiger partial charge is 0.266 e. The van der Waals surface area contributed by atoms with E-state index >= 15 is 0 Å². The first-order chi connectivity index (χ1) is 12.0. The third-order valence-electron chi connectivity index (χ3n) is 4.40. The van der Waals surface area contributed by atoms with Crippen molar-refractivity contribution in [2.75, 3.05) is 0 Å². The van der Waals surface area contributed by atoms with E-state index < -0.39 is 0 Å². The van der Waals surface area contributed by atoms with Crippen LogP contribution in [-0.4, -0.2) is 9.97 Å². The van der Waals surface area contributed by atoms with Gasteiger partial charge >= 0.3 is 0 Å². The van der Waals surface area contributed by atoms with Crippen LogP contribution in [0.15, 0.2) is 52.7 Å². The Morgan fingerprint density at radius 1 is 1.44 bits per heavy atom. The second-order valence-electron chi connectivity index (χ2n) is 6.07. The van der Waals surface area contributed by atoms with Gasteiger partial charge in [-0.2, -0.15) is 0 Å². The maximum absolute atomic E-state index is 14.1. The van der Waals surface area contributed by atoms with Crippen LogP contribution in [-0.2, 0) is 0 Å². The lowest BCUT2D eigenvalue weighted by molar-refractivity contribution is 0.589. The van der Waals surface area contributed by atoms with Gasteiger partial charge in [0.2, 0.25) is 0 Å². The van der Waals surface area contributed by atoms with Gasteiger partial charge in [0.05, 0.1) is 11.9 Å². The topological polar surface area (TPSA) is 97.8 Å². The number of rotatable bonds is 3. The fourth-order valence-electron chi connectivity index (χ4n) is 3.13. The maximum Gasteiger partial charge on any atom is 0.266 e. The van der Waals surface area contributed by atoms with Crippen LogP contribution in [0.5, 0.6) is 0 Å². The minimum Gasteiger partial charge on any atom is -0.401 e. The molecule has 5 nitrogen and oxygen atoms in total. The van der Waals surface area contributed by atoms with Crippen LogP contribution >= 0.6 is 9.24 Å². The van der Waals surface area contributed by atoms with Crippen LogP contribution in [0, 0.1) is 5.82 Å². The van der Waals surface area contributed by atoms with Gasteiger partial charge in [-0.25, -0.2) is 4.39 Å². The highest BCUT2D eigenvalue weighted by atomic mass is 31.0. The molecule has 0 amide bonds. The number of allylic oxidation sites excluding steroid dienone is 3. The summed E-state index contributed by atoms with van der Waals surface area (Å²) < 4.78 is 14.1. The molecule has 5 N–H and O–H groups in total. The molecule has 0 spiro atoms. The van der Waals surface area contributed by atoms with Crippen LogP contribution in [0.2, 0.25) is 0 Å². The Hall–Kier alpha value is -2.46. The van der Waals surface area contributed by atoms with Crippen molar-refractivity contribution in [2.45, 2.75) is 25.2 Å². The van der Waals surface area contributed by atoms with Gasteiger partial charge in [0, 0.05) is 29.1 Å². The SMILES string of the molecule is NC1=C(/C=C(\N)c2c(F)cccc2P)CCCC1c1c[nH]c(=O)cn1. The molecule has 25 heavy (non-hydrogen) atoms. The van der Waals surface area contributed by atoms with E-state index in [1.54, 1.807) is 24.4 Å². The molecule has 1 heterocycles. The Morgan fingerprint density at radius 2 is 2.24 bits per heavy atom. The summed E-state index contributed by atoms with van der Waals surface area (Å²) in [6.45, 7) is 0. The molecule has 0 bridgehead atoms. The normalized spacial score (nSPS) is 18.5. The highest BCUT2D eigenvalue weighted by molar-refractivity contribution is 7.27. The summed E-state index contributed by atoms with van der Waals surface area (Å²) in [5, 5.41) is 0.697. The number of hydrogen-bond acceptors (Lipinski definition) is 4. The van der Waals surface area contributed by atoms with Crippen LogP contribution in [0.1, 0.15) is 36.4 Å². The zero-order chi connectivity index (χ0) is 18.0. The lowest BCUT2D eigenvalue weighted by Crippen LogP contribution is -2.20. The number of aromatic nitrogens is 2. The molecule has 0 radical (unpaired) electrons. The molecular formula is C18H20FN4OP. The highest BCUT2D eigenvalue weighted by Crippen LogP contribution is 2.34. The van der Waals surface area contributed by atoms with Crippen molar-refractivity contribution in [1.29, 1.82) is 0 Å². The second kappa shape index (κ2) is 7.19. The number of halogens is 1. The molecule has 0 saturated carbocycles. The van der Waals surface area contributed by atoms with E-state index in [1.165, 1.54) is 12.3 Å². The predicted molar refractivity (Wildman–Crippen MR) is 101 cm³/mol. The minimum absolute atomic E-state index is 0.0826. The standard InChI is InChI=1S/C18H20FN4OP/c19-12-5-2-6-15(25)17(12)13(20)7-10-3-1-4-11(18(10)21)14-8-23-16(24)9-22-14/h2,5-9,11H,1,3-4,20-21,25H2,(H,23,24)/b13-7-. The zero-order valence-corrected chi connectivity index (χ0v) is 14.8. The van der Waals surface area contributed by atoms with Gasteiger partial charge in [-0.15, -0.1) is 9.24 Å². The van der Waals surface area contributed by atoms with Crippen LogP contribution in [0.3, 0.4) is 0 Å². The largest absolute Gasteiger partial charge is 0.401 e. The summed E-state index contributed by atoms with van der Waals surface area (Å²) in [7, 11) is 2.49. The predicted octanol–water partition coefficient (Wildman–Crippen LogP) is 1.89. The molecule has 0 fully saturated rings. The van der Waals surface area contributed by atoms with Crippen molar-refractivity contribution >= 4 is 20.2 Å². The molecule has 0 saturated heterocycles. The summed E-state index contributed by atoms with van der Waals surface area (Å²) >= 11 is 0. The monoisotopic (exact) mass is 358 g/mol. The molecule has 130 valence electrons. The molecule has 2 unspecified atom stereocenters. The minimum atomic E-state index is -0.366. The van der Waals surface area contributed by atoms with Crippen molar-refractivity contribution < 1.29 is 4.39 Å². The number of hydrogen-bond donors (Lipinski definition) is 3. The van der Waals surface area contributed by atoms with Crippen LogP contribution in [0.4, 0.5) is 4.39 Å². The molecular weight excluding hydrogens is 338 g/mol. The van der Waals surface area contributed by atoms with Gasteiger partial charge in [-0.05, 0) is 42.3 Å². The molecule has 2 atom stereocenters. The molecule has 3 rings (SSSR count). The molecule has 7 heteroatoms. The number of H-pyrrole nitrogens is 1. The van der Waals surface area contributed by atoms with Gasteiger partial charge < -0.3 is 16.5 Å². The van der Waals surface area contributed by atoms with Crippen molar-refractivity contribution in [1.82, 2.24) is 9.97 Å². The number of nitrogens with one attached hydrogen (secondary N) is 1. The number of nitrogens with two attached hydrogens (primary N) is 2. The Bertz CT molecular complexity index is 879. The van der Waals surface area contributed by atoms with E-state index in [2.05, 4.69) is 19.2 Å². The molecule has 1 aromatic carbocycles. The van der Waals surface area contributed by atoms with Gasteiger partial charge in [0.15, 0.2) is 0 Å². The van der Waals surface area contributed by atoms with E-state index in [4.69, 9.17) is 11.5 Å². The van der Waals surface area contributed by atoms with Crippen molar-refractivity contribution in [3.63, 3.8) is 0 Å². The average Bonchev–Trinajstić information content (AvgIpc) is 2.57. The quantitative estimate of drug-likeness (QED) is 0.730. The molecule has 1 aliphatic carbocycles. The van der Waals surface area contributed by atoms with Crippen LogP contribution in [0.25, 0.3) is 5.70 Å². The van der Waals surface area contributed by atoms with E-state index in [-0.39, 0.29) is 17.3 Å². The first-order valence-electron chi connectivity index (χ1n) is 8.02. The summed E-state index contributed by atoms with van der Waals surface area (Å²) in [4.78, 5) is 18.0.